The van der Waals surface area contributed by atoms with Gasteiger partial charge in [-0.15, -0.1) is 0 Å². The van der Waals surface area contributed by atoms with Crippen LogP contribution in [-0.2, 0) is 17.6 Å². The second-order valence-electron chi connectivity index (χ2n) is 5.16. The second kappa shape index (κ2) is 6.11. The summed E-state index contributed by atoms with van der Waals surface area (Å²) in [5.41, 5.74) is 2.09. The maximum Gasteiger partial charge on any atom is 0.141 e. The number of Topliss-reactive ketones (excluding diaryl/α,β-unsaturated/α-hetero) is 1. The van der Waals surface area contributed by atoms with Crippen LogP contribution < -0.4 is 0 Å². The minimum absolute atomic E-state index is 0.216. The SMILES string of the molecule is O=C(Cc1ccc(Cl)cc1)Cc1cccc2ccccc12. The number of fused-ring (bicyclic) bond motifs is 1. The topological polar surface area (TPSA) is 17.1 Å². The van der Waals surface area contributed by atoms with Gasteiger partial charge in [-0.3, -0.25) is 4.79 Å². The van der Waals surface area contributed by atoms with E-state index in [0.717, 1.165) is 16.5 Å². The zero-order valence-corrected chi connectivity index (χ0v) is 12.3. The summed E-state index contributed by atoms with van der Waals surface area (Å²) in [7, 11) is 0. The fourth-order valence-electron chi connectivity index (χ4n) is 2.55. The molecule has 0 atom stereocenters. The largest absolute Gasteiger partial charge is 0.299 e. The molecule has 0 N–H and O–H groups in total. The van der Waals surface area contributed by atoms with Crippen LogP contribution in [0.4, 0.5) is 0 Å². The van der Waals surface area contributed by atoms with Gasteiger partial charge in [-0.2, -0.15) is 0 Å². The van der Waals surface area contributed by atoms with Crippen LogP contribution in [0, 0.1) is 0 Å². The van der Waals surface area contributed by atoms with Crippen molar-refractivity contribution in [1.82, 2.24) is 0 Å². The van der Waals surface area contributed by atoms with Crippen molar-refractivity contribution in [3.8, 4) is 0 Å². The third-order valence-electron chi connectivity index (χ3n) is 3.58. The van der Waals surface area contributed by atoms with Gasteiger partial charge in [-0.1, -0.05) is 66.2 Å². The summed E-state index contributed by atoms with van der Waals surface area (Å²) in [6, 6.07) is 21.7. The number of carbonyl (C=O) groups excluding carboxylic acids is 1. The van der Waals surface area contributed by atoms with E-state index in [2.05, 4.69) is 18.2 Å². The van der Waals surface area contributed by atoms with Crippen molar-refractivity contribution in [1.29, 1.82) is 0 Å². The number of ketones is 1. The van der Waals surface area contributed by atoms with Crippen molar-refractivity contribution < 1.29 is 4.79 Å². The van der Waals surface area contributed by atoms with Crippen molar-refractivity contribution in [2.45, 2.75) is 12.8 Å². The molecular weight excluding hydrogens is 280 g/mol. The molecule has 3 aromatic carbocycles. The Labute approximate surface area is 129 Å². The van der Waals surface area contributed by atoms with E-state index in [4.69, 9.17) is 11.6 Å². The van der Waals surface area contributed by atoms with E-state index in [1.54, 1.807) is 0 Å². The monoisotopic (exact) mass is 294 g/mol. The van der Waals surface area contributed by atoms with E-state index in [1.807, 2.05) is 48.5 Å². The molecule has 21 heavy (non-hydrogen) atoms. The fraction of sp³-hybridized carbons (Fsp3) is 0.105. The van der Waals surface area contributed by atoms with Gasteiger partial charge >= 0.3 is 0 Å². The number of hydrogen-bond acceptors (Lipinski definition) is 1. The first-order valence-electron chi connectivity index (χ1n) is 6.95. The first-order chi connectivity index (χ1) is 10.2. The molecule has 0 saturated heterocycles. The molecule has 104 valence electrons. The van der Waals surface area contributed by atoms with Crippen molar-refractivity contribution in [3.63, 3.8) is 0 Å². The van der Waals surface area contributed by atoms with Crippen molar-refractivity contribution in [3.05, 3.63) is 82.9 Å². The molecule has 3 rings (SSSR count). The first kappa shape index (κ1) is 13.8. The fourth-order valence-corrected chi connectivity index (χ4v) is 2.68. The van der Waals surface area contributed by atoms with Gasteiger partial charge in [0.15, 0.2) is 0 Å². The van der Waals surface area contributed by atoms with Crippen molar-refractivity contribution >= 4 is 28.2 Å². The Bertz CT molecular complexity index is 770. The molecule has 1 nitrogen and oxygen atoms in total. The third kappa shape index (κ3) is 3.32. The van der Waals surface area contributed by atoms with Crippen molar-refractivity contribution in [2.24, 2.45) is 0 Å². The second-order valence-corrected chi connectivity index (χ2v) is 5.59. The highest BCUT2D eigenvalue weighted by Crippen LogP contribution is 2.19. The van der Waals surface area contributed by atoms with Crippen LogP contribution in [0.3, 0.4) is 0 Å². The summed E-state index contributed by atoms with van der Waals surface area (Å²) < 4.78 is 0. The highest BCUT2D eigenvalue weighted by Gasteiger charge is 2.08. The Kier molecular flexibility index (Phi) is 4.03. The van der Waals surface area contributed by atoms with Crippen molar-refractivity contribution in [2.75, 3.05) is 0 Å². The number of benzene rings is 3. The molecule has 0 heterocycles. The molecule has 0 fully saturated rings. The molecule has 0 bridgehead atoms. The predicted octanol–water partition coefficient (Wildman–Crippen LogP) is 4.85. The van der Waals surface area contributed by atoms with E-state index in [1.165, 1.54) is 5.39 Å². The number of rotatable bonds is 4. The summed E-state index contributed by atoms with van der Waals surface area (Å²) in [6.45, 7) is 0. The minimum atomic E-state index is 0.216. The molecule has 2 heteroatoms. The summed E-state index contributed by atoms with van der Waals surface area (Å²) in [6.07, 6.45) is 0.907. The Morgan fingerprint density at radius 1 is 0.810 bits per heavy atom. The molecule has 0 saturated carbocycles. The highest BCUT2D eigenvalue weighted by atomic mass is 35.5. The summed E-state index contributed by atoms with van der Waals surface area (Å²) in [5.74, 6) is 0.216. The van der Waals surface area contributed by atoms with Crippen LogP contribution in [0.2, 0.25) is 5.02 Å². The molecular formula is C19H15ClO. The average Bonchev–Trinajstić information content (AvgIpc) is 2.50. The lowest BCUT2D eigenvalue weighted by Gasteiger charge is -2.06. The predicted molar refractivity (Wildman–Crippen MR) is 87.8 cm³/mol. The van der Waals surface area contributed by atoms with E-state index < -0.39 is 0 Å². The molecule has 3 aromatic rings. The Balaban J connectivity index is 1.79. The van der Waals surface area contributed by atoms with Gasteiger partial charge in [-0.25, -0.2) is 0 Å². The van der Waals surface area contributed by atoms with E-state index in [0.29, 0.717) is 17.9 Å². The normalized spacial score (nSPS) is 10.7. The summed E-state index contributed by atoms with van der Waals surface area (Å²) in [4.78, 5) is 12.3. The Hall–Kier alpha value is -2.12. The van der Waals surface area contributed by atoms with E-state index in [-0.39, 0.29) is 5.78 Å². The zero-order chi connectivity index (χ0) is 14.7. The standard InChI is InChI=1S/C19H15ClO/c20-17-10-8-14(9-11-17)12-18(21)13-16-6-3-5-15-4-1-2-7-19(15)16/h1-11H,12-13H2. The van der Waals surface area contributed by atoms with Crippen LogP contribution in [0.25, 0.3) is 10.8 Å². The zero-order valence-electron chi connectivity index (χ0n) is 11.6. The van der Waals surface area contributed by atoms with Gasteiger partial charge in [0.05, 0.1) is 0 Å². The minimum Gasteiger partial charge on any atom is -0.299 e. The lowest BCUT2D eigenvalue weighted by Crippen LogP contribution is -2.06. The van der Waals surface area contributed by atoms with E-state index in [9.17, 15) is 4.79 Å². The maximum atomic E-state index is 12.3. The summed E-state index contributed by atoms with van der Waals surface area (Å²) >= 11 is 5.86. The van der Waals surface area contributed by atoms with Crippen LogP contribution in [0.1, 0.15) is 11.1 Å². The van der Waals surface area contributed by atoms with Crippen LogP contribution in [-0.4, -0.2) is 5.78 Å². The Morgan fingerprint density at radius 2 is 1.52 bits per heavy atom. The third-order valence-corrected chi connectivity index (χ3v) is 3.83. The lowest BCUT2D eigenvalue weighted by atomic mass is 9.98. The molecule has 0 spiro atoms. The smallest absolute Gasteiger partial charge is 0.141 e. The number of hydrogen-bond donors (Lipinski definition) is 0. The Morgan fingerprint density at radius 3 is 2.33 bits per heavy atom. The van der Waals surface area contributed by atoms with E-state index >= 15 is 0 Å². The van der Waals surface area contributed by atoms with Crippen LogP contribution >= 0.6 is 11.6 Å². The molecule has 0 radical (unpaired) electrons. The quantitative estimate of drug-likeness (QED) is 0.672. The van der Waals surface area contributed by atoms with Crippen LogP contribution in [0.5, 0.6) is 0 Å². The molecule has 0 aliphatic heterocycles. The molecule has 0 aliphatic carbocycles. The highest BCUT2D eigenvalue weighted by molar-refractivity contribution is 6.30. The van der Waals surface area contributed by atoms with Crippen LogP contribution in [0.15, 0.2) is 66.7 Å². The van der Waals surface area contributed by atoms with Gasteiger partial charge < -0.3 is 0 Å². The number of carbonyl (C=O) groups is 1. The first-order valence-corrected chi connectivity index (χ1v) is 7.33. The van der Waals surface area contributed by atoms with Gasteiger partial charge in [0.1, 0.15) is 5.78 Å². The van der Waals surface area contributed by atoms with Gasteiger partial charge in [0.2, 0.25) is 0 Å². The van der Waals surface area contributed by atoms with Gasteiger partial charge in [0.25, 0.3) is 0 Å². The van der Waals surface area contributed by atoms with Gasteiger partial charge in [-0.05, 0) is 34.0 Å². The number of halogens is 1. The van der Waals surface area contributed by atoms with Gasteiger partial charge in [0, 0.05) is 17.9 Å². The molecule has 0 aliphatic rings. The molecule has 0 amide bonds. The average molecular weight is 295 g/mol. The maximum absolute atomic E-state index is 12.3. The molecule has 0 unspecified atom stereocenters. The molecule has 0 aromatic heterocycles. The summed E-state index contributed by atoms with van der Waals surface area (Å²) in [5, 5.41) is 3.03. The lowest BCUT2D eigenvalue weighted by molar-refractivity contribution is -0.117.